The molecule has 0 bridgehead atoms. The van der Waals surface area contributed by atoms with Crippen LogP contribution in [0.4, 0.5) is 0 Å². The summed E-state index contributed by atoms with van der Waals surface area (Å²) in [6.07, 6.45) is 9.32. The van der Waals surface area contributed by atoms with E-state index in [1.807, 2.05) is 6.07 Å². The second-order valence-corrected chi connectivity index (χ2v) is 8.40. The molecule has 154 valence electrons. The highest BCUT2D eigenvalue weighted by molar-refractivity contribution is 7.85. The molecule has 28 heavy (non-hydrogen) atoms. The molecule has 0 saturated heterocycles. The van der Waals surface area contributed by atoms with Gasteiger partial charge in [-0.15, -0.1) is 0 Å². The van der Waals surface area contributed by atoms with Crippen LogP contribution >= 0.6 is 0 Å². The van der Waals surface area contributed by atoms with Crippen molar-refractivity contribution in [3.8, 4) is 17.2 Å². The van der Waals surface area contributed by atoms with Crippen LogP contribution in [-0.2, 0) is 16.5 Å². The van der Waals surface area contributed by atoms with E-state index in [2.05, 4.69) is 6.92 Å². The third-order valence-electron chi connectivity index (χ3n) is 4.72. The lowest BCUT2D eigenvalue weighted by molar-refractivity contribution is 0.403. The fourth-order valence-corrected chi connectivity index (χ4v) is 3.98. The highest BCUT2D eigenvalue weighted by atomic mass is 32.2. The number of aromatic hydroxyl groups is 1. The Labute approximate surface area is 168 Å². The van der Waals surface area contributed by atoms with E-state index in [0.717, 1.165) is 19.3 Å². The molecule has 0 spiro atoms. The maximum absolute atomic E-state index is 11.8. The van der Waals surface area contributed by atoms with Crippen LogP contribution < -0.4 is 4.74 Å². The zero-order chi connectivity index (χ0) is 20.4. The van der Waals surface area contributed by atoms with Crippen LogP contribution in [0.25, 0.3) is 0 Å². The number of unbranched alkanes of at least 4 members (excludes halogenated alkanes) is 7. The predicted molar refractivity (Wildman–Crippen MR) is 111 cm³/mol. The summed E-state index contributed by atoms with van der Waals surface area (Å²) in [6, 6.07) is 11.3. The SMILES string of the molecule is CCCCCCCCCCc1c(S(=O)(=O)O)ccc(O)c1Oc1ccccc1. The fourth-order valence-electron chi connectivity index (χ4n) is 3.23. The van der Waals surface area contributed by atoms with Crippen LogP contribution in [-0.4, -0.2) is 18.1 Å². The van der Waals surface area contributed by atoms with Crippen molar-refractivity contribution in [2.24, 2.45) is 0 Å². The normalized spacial score (nSPS) is 11.5. The number of para-hydroxylation sites is 1. The van der Waals surface area contributed by atoms with Crippen LogP contribution in [0.2, 0.25) is 0 Å². The predicted octanol–water partition coefficient (Wildman–Crippen LogP) is 6.11. The van der Waals surface area contributed by atoms with Gasteiger partial charge in [0.05, 0.1) is 0 Å². The number of benzene rings is 2. The van der Waals surface area contributed by atoms with Crippen molar-refractivity contribution >= 4 is 10.1 Å². The van der Waals surface area contributed by atoms with Gasteiger partial charge in [-0.2, -0.15) is 8.42 Å². The zero-order valence-electron chi connectivity index (χ0n) is 16.4. The number of phenols is 1. The maximum Gasteiger partial charge on any atom is 0.294 e. The Morgan fingerprint density at radius 1 is 0.857 bits per heavy atom. The van der Waals surface area contributed by atoms with Crippen molar-refractivity contribution in [3.05, 3.63) is 48.0 Å². The zero-order valence-corrected chi connectivity index (χ0v) is 17.2. The van der Waals surface area contributed by atoms with E-state index in [1.54, 1.807) is 24.3 Å². The van der Waals surface area contributed by atoms with Crippen LogP contribution in [0.3, 0.4) is 0 Å². The molecule has 0 fully saturated rings. The molecule has 0 saturated carbocycles. The van der Waals surface area contributed by atoms with E-state index in [9.17, 15) is 18.1 Å². The summed E-state index contributed by atoms with van der Waals surface area (Å²) in [4.78, 5) is -0.209. The van der Waals surface area contributed by atoms with Gasteiger partial charge in [-0.3, -0.25) is 4.55 Å². The van der Waals surface area contributed by atoms with Gasteiger partial charge in [0.15, 0.2) is 11.5 Å². The Bertz CT molecular complexity index is 832. The first kappa shape index (κ1) is 22.2. The first-order valence-electron chi connectivity index (χ1n) is 9.98. The lowest BCUT2D eigenvalue weighted by Crippen LogP contribution is -2.05. The summed E-state index contributed by atoms with van der Waals surface area (Å²) in [5, 5.41) is 10.3. The molecule has 0 aliphatic rings. The van der Waals surface area contributed by atoms with Gasteiger partial charge in [0.25, 0.3) is 10.1 Å². The van der Waals surface area contributed by atoms with Gasteiger partial charge in [0.2, 0.25) is 0 Å². The lowest BCUT2D eigenvalue weighted by Gasteiger charge is -2.16. The Morgan fingerprint density at radius 2 is 1.46 bits per heavy atom. The topological polar surface area (TPSA) is 83.8 Å². The Kier molecular flexibility index (Phi) is 8.80. The van der Waals surface area contributed by atoms with E-state index in [0.29, 0.717) is 17.7 Å². The molecule has 0 aliphatic heterocycles. The molecule has 0 atom stereocenters. The minimum Gasteiger partial charge on any atom is -0.504 e. The molecule has 2 rings (SSSR count). The molecule has 0 amide bonds. The van der Waals surface area contributed by atoms with Gasteiger partial charge in [0.1, 0.15) is 10.6 Å². The van der Waals surface area contributed by atoms with Gasteiger partial charge in [0, 0.05) is 5.56 Å². The van der Waals surface area contributed by atoms with Crippen LogP contribution in [0.5, 0.6) is 17.2 Å². The van der Waals surface area contributed by atoms with Gasteiger partial charge in [-0.05, 0) is 37.1 Å². The molecular weight excluding hydrogens is 376 g/mol. The minimum absolute atomic E-state index is 0.0873. The molecule has 5 nitrogen and oxygen atoms in total. The molecule has 0 unspecified atom stereocenters. The summed E-state index contributed by atoms with van der Waals surface area (Å²) in [6.45, 7) is 2.19. The number of ether oxygens (including phenoxy) is 1. The standard InChI is InChI=1S/C22H30O5S/c1-2-3-4-5-6-7-8-12-15-19-21(28(24,25)26)17-16-20(23)22(19)27-18-13-10-9-11-14-18/h9-11,13-14,16-17,23H,2-8,12,15H2,1H3,(H,24,25,26). The van der Waals surface area contributed by atoms with E-state index < -0.39 is 10.1 Å². The van der Waals surface area contributed by atoms with Crippen LogP contribution in [0.1, 0.15) is 63.9 Å². The summed E-state index contributed by atoms with van der Waals surface area (Å²) >= 11 is 0. The van der Waals surface area contributed by atoms with Crippen molar-refractivity contribution in [1.82, 2.24) is 0 Å². The maximum atomic E-state index is 11.8. The number of hydrogen-bond acceptors (Lipinski definition) is 4. The summed E-state index contributed by atoms with van der Waals surface area (Å²) in [5.41, 5.74) is 0.317. The quantitative estimate of drug-likeness (QED) is 0.328. The number of phenolic OH excluding ortho intramolecular Hbond substituents is 1. The molecule has 2 aromatic rings. The van der Waals surface area contributed by atoms with E-state index in [4.69, 9.17) is 4.74 Å². The fraction of sp³-hybridized carbons (Fsp3) is 0.455. The van der Waals surface area contributed by atoms with Crippen molar-refractivity contribution in [2.75, 3.05) is 0 Å². The minimum atomic E-state index is -4.41. The van der Waals surface area contributed by atoms with Crippen molar-refractivity contribution in [3.63, 3.8) is 0 Å². The van der Waals surface area contributed by atoms with E-state index in [1.165, 1.54) is 44.2 Å². The van der Waals surface area contributed by atoms with Crippen molar-refractivity contribution in [2.45, 2.75) is 69.6 Å². The van der Waals surface area contributed by atoms with Gasteiger partial charge in [-0.1, -0.05) is 70.1 Å². The highest BCUT2D eigenvalue weighted by Crippen LogP contribution is 2.39. The third kappa shape index (κ3) is 6.84. The van der Waals surface area contributed by atoms with Crippen molar-refractivity contribution < 1.29 is 22.8 Å². The molecule has 6 heteroatoms. The third-order valence-corrected chi connectivity index (χ3v) is 5.66. The van der Waals surface area contributed by atoms with Gasteiger partial charge < -0.3 is 9.84 Å². The highest BCUT2D eigenvalue weighted by Gasteiger charge is 2.22. The first-order valence-corrected chi connectivity index (χ1v) is 11.4. The van der Waals surface area contributed by atoms with E-state index in [-0.39, 0.29) is 16.4 Å². The van der Waals surface area contributed by atoms with Crippen LogP contribution in [0.15, 0.2) is 47.4 Å². The average molecular weight is 407 g/mol. The van der Waals surface area contributed by atoms with E-state index >= 15 is 0 Å². The Morgan fingerprint density at radius 3 is 2.07 bits per heavy atom. The molecule has 0 aromatic heterocycles. The molecular formula is C22H30O5S. The molecule has 2 N–H and O–H groups in total. The summed E-state index contributed by atoms with van der Waals surface area (Å²) < 4.78 is 39.0. The van der Waals surface area contributed by atoms with Crippen LogP contribution in [0, 0.1) is 0 Å². The monoisotopic (exact) mass is 406 g/mol. The Balaban J connectivity index is 2.12. The smallest absolute Gasteiger partial charge is 0.294 e. The lowest BCUT2D eigenvalue weighted by atomic mass is 10.0. The average Bonchev–Trinajstić information content (AvgIpc) is 2.66. The molecule has 2 aromatic carbocycles. The second kappa shape index (κ2) is 11.1. The van der Waals surface area contributed by atoms with Gasteiger partial charge >= 0.3 is 0 Å². The second-order valence-electron chi connectivity index (χ2n) is 7.01. The molecule has 0 radical (unpaired) electrons. The Hall–Kier alpha value is -2.05. The van der Waals surface area contributed by atoms with Gasteiger partial charge in [-0.25, -0.2) is 0 Å². The molecule has 0 heterocycles. The summed E-state index contributed by atoms with van der Waals surface area (Å²) in [5.74, 6) is 0.428. The largest absolute Gasteiger partial charge is 0.504 e. The first-order chi connectivity index (χ1) is 13.4. The number of rotatable bonds is 12. The molecule has 0 aliphatic carbocycles. The van der Waals surface area contributed by atoms with Crippen molar-refractivity contribution in [1.29, 1.82) is 0 Å². The summed E-state index contributed by atoms with van der Waals surface area (Å²) in [7, 11) is -4.41. The number of hydrogen-bond donors (Lipinski definition) is 2.